The Labute approximate surface area is 341 Å². The number of carbonyl (C=O) groups excluding carboxylic acids is 4. The van der Waals surface area contributed by atoms with Crippen molar-refractivity contribution in [3.63, 3.8) is 0 Å². The van der Waals surface area contributed by atoms with Crippen LogP contribution in [0.4, 0.5) is 15.8 Å². The molecule has 6 aromatic rings. The highest BCUT2D eigenvalue weighted by Crippen LogP contribution is 2.64. The Morgan fingerprint density at radius 2 is 1.63 bits per heavy atom. The Balaban J connectivity index is 1.08. The van der Waals surface area contributed by atoms with E-state index in [1.54, 1.807) is 60.7 Å². The smallest absolute Gasteiger partial charge is 0.260 e. The van der Waals surface area contributed by atoms with E-state index in [1.807, 2.05) is 30.3 Å². The van der Waals surface area contributed by atoms with Gasteiger partial charge in [0.2, 0.25) is 17.7 Å². The lowest BCUT2D eigenvalue weighted by molar-refractivity contribution is -0.138. The lowest BCUT2D eigenvalue weighted by Gasteiger charge is -2.50. The van der Waals surface area contributed by atoms with E-state index in [4.69, 9.17) is 20.8 Å². The molecule has 3 heterocycles. The van der Waals surface area contributed by atoms with Gasteiger partial charge in [-0.2, -0.15) is 5.01 Å². The fourth-order valence-corrected chi connectivity index (χ4v) is 10.0. The summed E-state index contributed by atoms with van der Waals surface area (Å²) in [5.74, 6) is -6.10. The normalized spacial score (nSPS) is 24.9. The second-order valence-corrected chi connectivity index (χ2v) is 15.8. The minimum Gasteiger partial charge on any atom is -0.504 e. The molecule has 294 valence electrons. The predicted octanol–water partition coefficient (Wildman–Crippen LogP) is 8.19. The number of aromatic hydroxyl groups is 1. The second-order valence-electron chi connectivity index (χ2n) is 15.4. The number of halogens is 2. The van der Waals surface area contributed by atoms with Gasteiger partial charge in [-0.15, -0.1) is 0 Å². The highest BCUT2D eigenvalue weighted by molar-refractivity contribution is 6.30. The second kappa shape index (κ2) is 13.7. The Kier molecular flexibility index (Phi) is 8.46. The SMILES string of the molecule is COc1ccc(C2C3=CCC4C(=O)N(c5ccc(-c6nc7ccccc7o6)cc5)C(=O)C4C3CC3C(=O)N(Nc4ccc(F)cc4)C(=O)C32c2ccc(Cl)cc2)cc1O. The largest absolute Gasteiger partial charge is 0.504 e. The number of fused-ring (bicyclic) bond motifs is 5. The van der Waals surface area contributed by atoms with E-state index in [1.165, 1.54) is 42.3 Å². The van der Waals surface area contributed by atoms with E-state index in [0.717, 1.165) is 5.01 Å². The minimum atomic E-state index is -1.60. The maximum atomic E-state index is 15.3. The molecule has 4 aliphatic rings. The summed E-state index contributed by atoms with van der Waals surface area (Å²) in [6, 6.07) is 31.2. The van der Waals surface area contributed by atoms with Gasteiger partial charge in [-0.25, -0.2) is 9.37 Å². The number of ether oxygens (including phenoxy) is 1. The molecule has 1 aromatic heterocycles. The van der Waals surface area contributed by atoms with Gasteiger partial charge in [-0.05, 0) is 115 Å². The number of nitrogens with one attached hydrogen (secondary N) is 1. The topological polar surface area (TPSA) is 142 Å². The molecule has 13 heteroatoms. The zero-order valence-corrected chi connectivity index (χ0v) is 32.1. The fourth-order valence-electron chi connectivity index (χ4n) is 9.92. The van der Waals surface area contributed by atoms with Crippen LogP contribution in [0.15, 0.2) is 131 Å². The third kappa shape index (κ3) is 5.50. The highest BCUT2D eigenvalue weighted by Gasteiger charge is 2.70. The summed E-state index contributed by atoms with van der Waals surface area (Å²) >= 11 is 6.39. The van der Waals surface area contributed by atoms with Crippen LogP contribution >= 0.6 is 11.6 Å². The monoisotopic (exact) mass is 808 g/mol. The number of anilines is 2. The molecule has 6 atom stereocenters. The number of allylic oxidation sites excluding steroid dienone is 2. The quantitative estimate of drug-likeness (QED) is 0.121. The number of methoxy groups -OCH3 is 1. The number of hydrogen-bond donors (Lipinski definition) is 2. The number of rotatable bonds is 7. The number of hydrazine groups is 1. The first-order valence-corrected chi connectivity index (χ1v) is 19.5. The standard InChI is InChI=1S/C46H34ClFN4O7/c1-58-38-21-8-25(22-36(38)53)40-31-19-20-32-39(44(56)51(42(32)54)30-17-6-24(7-18-30)41-49-35-4-2-3-5-37(35)59-41)33(31)23-34-43(55)52(50-29-15-13-28(48)14-16-29)45(57)46(34,40)26-9-11-27(47)12-10-26/h2-19,21-22,32-34,39-40,50,53H,20,23H2,1H3. The molecule has 5 aromatic carbocycles. The third-order valence-corrected chi connectivity index (χ3v) is 12.7. The number of benzene rings is 5. The Morgan fingerprint density at radius 3 is 2.34 bits per heavy atom. The Bertz CT molecular complexity index is 2720. The molecular formula is C46H34ClFN4O7. The highest BCUT2D eigenvalue weighted by atomic mass is 35.5. The van der Waals surface area contributed by atoms with Crippen molar-refractivity contribution in [1.29, 1.82) is 0 Å². The summed E-state index contributed by atoms with van der Waals surface area (Å²) < 4.78 is 25.3. The van der Waals surface area contributed by atoms with Crippen LogP contribution in [0.25, 0.3) is 22.6 Å². The van der Waals surface area contributed by atoms with Gasteiger partial charge in [-0.1, -0.05) is 53.6 Å². The lowest BCUT2D eigenvalue weighted by atomic mass is 9.49. The van der Waals surface area contributed by atoms with Crippen LogP contribution in [-0.4, -0.2) is 45.8 Å². The number of aromatic nitrogens is 1. The zero-order valence-electron chi connectivity index (χ0n) is 31.3. The van der Waals surface area contributed by atoms with Gasteiger partial charge < -0.3 is 14.3 Å². The van der Waals surface area contributed by atoms with Gasteiger partial charge in [0.25, 0.3) is 11.8 Å². The number of imide groups is 2. The van der Waals surface area contributed by atoms with Gasteiger partial charge >= 0.3 is 0 Å². The minimum absolute atomic E-state index is 0.0595. The van der Waals surface area contributed by atoms with Crippen molar-refractivity contribution in [3.05, 3.63) is 149 Å². The van der Waals surface area contributed by atoms with Crippen LogP contribution in [0.5, 0.6) is 11.5 Å². The average molecular weight is 809 g/mol. The zero-order chi connectivity index (χ0) is 40.7. The van der Waals surface area contributed by atoms with E-state index in [0.29, 0.717) is 55.7 Å². The van der Waals surface area contributed by atoms with Crippen LogP contribution < -0.4 is 15.1 Å². The van der Waals surface area contributed by atoms with Gasteiger partial charge in [0, 0.05) is 16.5 Å². The number of carbonyl (C=O) groups is 4. The fraction of sp³-hybridized carbons (Fsp3) is 0.196. The average Bonchev–Trinajstić information content (AvgIpc) is 3.86. The van der Waals surface area contributed by atoms with E-state index in [2.05, 4.69) is 10.4 Å². The molecule has 59 heavy (non-hydrogen) atoms. The number of phenols is 1. The molecule has 0 spiro atoms. The van der Waals surface area contributed by atoms with Crippen LogP contribution in [0.2, 0.25) is 5.02 Å². The van der Waals surface area contributed by atoms with Crippen molar-refractivity contribution < 1.29 is 37.8 Å². The van der Waals surface area contributed by atoms with Crippen molar-refractivity contribution in [2.24, 2.45) is 23.7 Å². The van der Waals surface area contributed by atoms with Crippen LogP contribution in [0.1, 0.15) is 29.9 Å². The molecule has 10 rings (SSSR count). The number of hydrogen-bond acceptors (Lipinski definition) is 9. The summed E-state index contributed by atoms with van der Waals surface area (Å²) in [5, 5.41) is 12.6. The molecular weight excluding hydrogens is 775 g/mol. The Hall–Kier alpha value is -6.79. The van der Waals surface area contributed by atoms with Crippen LogP contribution in [-0.2, 0) is 24.6 Å². The molecule has 2 aliphatic heterocycles. The number of nitrogens with zero attached hydrogens (tertiary/aromatic N) is 3. The molecule has 3 fully saturated rings. The van der Waals surface area contributed by atoms with Crippen molar-refractivity contribution >= 4 is 57.7 Å². The number of para-hydroxylation sites is 2. The lowest BCUT2D eigenvalue weighted by Crippen LogP contribution is -2.53. The van der Waals surface area contributed by atoms with Crippen molar-refractivity contribution in [2.75, 3.05) is 17.4 Å². The summed E-state index contributed by atoms with van der Waals surface area (Å²) in [7, 11) is 1.43. The van der Waals surface area contributed by atoms with Crippen molar-refractivity contribution in [3.8, 4) is 23.0 Å². The molecule has 11 nitrogen and oxygen atoms in total. The number of phenolic OH excluding ortho intramolecular Hbond substituents is 1. The predicted molar refractivity (Wildman–Crippen MR) is 216 cm³/mol. The van der Waals surface area contributed by atoms with Gasteiger partial charge in [0.1, 0.15) is 11.3 Å². The van der Waals surface area contributed by atoms with Crippen molar-refractivity contribution in [1.82, 2.24) is 9.99 Å². The maximum Gasteiger partial charge on any atom is 0.260 e. The molecule has 0 radical (unpaired) electrons. The molecule has 2 N–H and O–H groups in total. The van der Waals surface area contributed by atoms with Gasteiger partial charge in [0.05, 0.1) is 41.7 Å². The first-order valence-electron chi connectivity index (χ1n) is 19.2. The van der Waals surface area contributed by atoms with Gasteiger partial charge in [-0.3, -0.25) is 29.5 Å². The Morgan fingerprint density at radius 1 is 0.881 bits per heavy atom. The molecule has 1 saturated carbocycles. The molecule has 2 saturated heterocycles. The first-order chi connectivity index (χ1) is 28.6. The third-order valence-electron chi connectivity index (χ3n) is 12.5. The van der Waals surface area contributed by atoms with Crippen molar-refractivity contribution in [2.45, 2.75) is 24.2 Å². The van der Waals surface area contributed by atoms with E-state index >= 15 is 4.79 Å². The summed E-state index contributed by atoms with van der Waals surface area (Å²) in [5.41, 5.74) is 5.77. The molecule has 2 aliphatic carbocycles. The summed E-state index contributed by atoms with van der Waals surface area (Å²) in [4.78, 5) is 65.1. The molecule has 4 amide bonds. The van der Waals surface area contributed by atoms with Gasteiger partial charge in [0.15, 0.2) is 17.1 Å². The summed E-state index contributed by atoms with van der Waals surface area (Å²) in [6.45, 7) is 0. The summed E-state index contributed by atoms with van der Waals surface area (Å²) in [6.07, 6.45) is 2.20. The number of amides is 4. The van der Waals surface area contributed by atoms with E-state index < -0.39 is 58.5 Å². The first kappa shape index (κ1) is 36.5. The number of oxazole rings is 1. The van der Waals surface area contributed by atoms with E-state index in [-0.39, 0.29) is 30.2 Å². The maximum absolute atomic E-state index is 15.3. The van der Waals surface area contributed by atoms with Crippen LogP contribution in [0, 0.1) is 29.5 Å². The molecule has 6 unspecified atom stereocenters. The molecule has 0 bridgehead atoms. The van der Waals surface area contributed by atoms with Crippen LogP contribution in [0.3, 0.4) is 0 Å². The van der Waals surface area contributed by atoms with E-state index in [9.17, 15) is 23.9 Å².